The first-order valence-corrected chi connectivity index (χ1v) is 27.8. The molecule has 0 aliphatic carbocycles. The molecule has 0 spiro atoms. The van der Waals surface area contributed by atoms with Gasteiger partial charge < -0.3 is 8.83 Å². The minimum Gasteiger partial charge on any atom is -0.455 e. The lowest BCUT2D eigenvalue weighted by Gasteiger charge is -2.28. The highest BCUT2D eigenvalue weighted by Crippen LogP contribution is 2.48. The fraction of sp³-hybridized carbons (Fsp3) is 0.0690. The molecule has 0 atom stereocenters. The monoisotopic (exact) mass is 826 g/mol. The van der Waals surface area contributed by atoms with Crippen molar-refractivity contribution in [1.82, 2.24) is 0 Å². The second-order valence-corrected chi connectivity index (χ2v) is 26.9. The van der Waals surface area contributed by atoms with Crippen LogP contribution in [0.25, 0.3) is 111 Å². The zero-order valence-electron chi connectivity index (χ0n) is 35.1. The molecule has 9 aromatic carbocycles. The molecule has 0 N–H and O–H groups in total. The minimum absolute atomic E-state index is 0.936. The number of para-hydroxylation sites is 2. The number of furan rings is 2. The van der Waals surface area contributed by atoms with Crippen LogP contribution >= 0.6 is 0 Å². The summed E-state index contributed by atoms with van der Waals surface area (Å²) in [6.07, 6.45) is 0. The van der Waals surface area contributed by atoms with Gasteiger partial charge in [-0.05, 0) is 88.5 Å². The van der Waals surface area contributed by atoms with Crippen LogP contribution in [0.1, 0.15) is 0 Å². The third-order valence-electron chi connectivity index (χ3n) is 14.2. The van der Waals surface area contributed by atoms with Crippen LogP contribution in [0.15, 0.2) is 191 Å². The third-order valence-corrected chi connectivity index (χ3v) is 21.5. The zero-order valence-corrected chi connectivity index (χ0v) is 37.1. The average molecular weight is 827 g/mol. The highest BCUT2D eigenvalue weighted by molar-refractivity contribution is 7.13. The van der Waals surface area contributed by atoms with Crippen molar-refractivity contribution < 1.29 is 8.83 Å². The van der Waals surface area contributed by atoms with Gasteiger partial charge in [-0.1, -0.05) is 196 Å². The van der Waals surface area contributed by atoms with Crippen molar-refractivity contribution in [2.45, 2.75) is 26.2 Å². The predicted octanol–water partition coefficient (Wildman–Crippen LogP) is 13.8. The first-order valence-electron chi connectivity index (χ1n) is 21.8. The lowest BCUT2D eigenvalue weighted by atomic mass is 9.92. The summed E-state index contributed by atoms with van der Waals surface area (Å²) in [7, 11) is -4.66. The van der Waals surface area contributed by atoms with Gasteiger partial charge in [0.2, 0.25) is 0 Å². The van der Waals surface area contributed by atoms with Gasteiger partial charge >= 0.3 is 0 Å². The topological polar surface area (TPSA) is 26.3 Å². The molecule has 2 nitrogen and oxygen atoms in total. The van der Waals surface area contributed by atoms with Crippen LogP contribution in [0, 0.1) is 0 Å². The van der Waals surface area contributed by atoms with Gasteiger partial charge in [0.1, 0.15) is 38.5 Å². The molecule has 2 aliphatic heterocycles. The van der Waals surface area contributed by atoms with Gasteiger partial charge in [-0.3, -0.25) is 0 Å². The van der Waals surface area contributed by atoms with E-state index in [2.05, 4.69) is 208 Å². The van der Waals surface area contributed by atoms with Crippen molar-refractivity contribution in [3.05, 3.63) is 182 Å². The Balaban J connectivity index is 1.04. The Labute approximate surface area is 362 Å². The SMILES string of the molecule is C[Si]1(C)c2cc(-c3ccc(-c4ccccc4)cc3)c3c(oc4ccccc43)c2-c2ccc3c(c21)[Si](C)(C)c1cc(-c2ccc(-c4ccccc4)cc2)c2c(oc4ccccc42)c1-3. The van der Waals surface area contributed by atoms with Gasteiger partial charge in [0.25, 0.3) is 0 Å². The summed E-state index contributed by atoms with van der Waals surface area (Å²) in [5, 5.41) is 10.8. The van der Waals surface area contributed by atoms with E-state index in [1.54, 1.807) is 10.4 Å². The van der Waals surface area contributed by atoms with E-state index in [0.29, 0.717) is 0 Å². The highest BCUT2D eigenvalue weighted by atomic mass is 28.3. The normalized spacial score (nSPS) is 14.4. The van der Waals surface area contributed by atoms with E-state index in [0.717, 1.165) is 22.3 Å². The quantitative estimate of drug-likeness (QED) is 0.165. The van der Waals surface area contributed by atoms with Crippen LogP contribution < -0.4 is 20.7 Å². The molecule has 13 rings (SSSR count). The predicted molar refractivity (Wildman–Crippen MR) is 267 cm³/mol. The average Bonchev–Trinajstić information content (AvgIpc) is 4.02. The Morgan fingerprint density at radius 3 is 1.06 bits per heavy atom. The third kappa shape index (κ3) is 4.85. The van der Waals surface area contributed by atoms with Gasteiger partial charge in [-0.25, -0.2) is 0 Å². The van der Waals surface area contributed by atoms with Gasteiger partial charge in [-0.2, -0.15) is 0 Å². The van der Waals surface area contributed by atoms with E-state index in [-0.39, 0.29) is 0 Å². The van der Waals surface area contributed by atoms with E-state index < -0.39 is 16.1 Å². The lowest BCUT2D eigenvalue weighted by Crippen LogP contribution is -2.63. The fourth-order valence-electron chi connectivity index (χ4n) is 11.3. The number of benzene rings is 9. The molecule has 2 aromatic heterocycles. The smallest absolute Gasteiger partial charge is 0.143 e. The second kappa shape index (κ2) is 12.8. The van der Waals surface area contributed by atoms with Crippen LogP contribution in [0.4, 0.5) is 0 Å². The molecule has 0 unspecified atom stereocenters. The van der Waals surface area contributed by atoms with Crippen LogP contribution in [-0.4, -0.2) is 16.1 Å². The summed E-state index contributed by atoms with van der Waals surface area (Å²) in [6.45, 7) is 10.3. The molecule has 0 fully saturated rings. The van der Waals surface area contributed by atoms with E-state index in [9.17, 15) is 0 Å². The van der Waals surface area contributed by atoms with Gasteiger partial charge in [0.05, 0.1) is 0 Å². The number of fused-ring (bicyclic) bond motifs is 15. The molecule has 0 saturated carbocycles. The van der Waals surface area contributed by atoms with Gasteiger partial charge in [0.15, 0.2) is 0 Å². The van der Waals surface area contributed by atoms with Crippen molar-refractivity contribution in [2.75, 3.05) is 0 Å². The first-order chi connectivity index (χ1) is 30.3. The Morgan fingerprint density at radius 2 is 0.661 bits per heavy atom. The fourth-order valence-corrected chi connectivity index (χ4v) is 19.8. The molecule has 294 valence electrons. The number of hydrogen-bond donors (Lipinski definition) is 0. The van der Waals surface area contributed by atoms with E-state index in [1.807, 2.05) is 0 Å². The largest absolute Gasteiger partial charge is 0.455 e. The van der Waals surface area contributed by atoms with Gasteiger partial charge in [-0.15, -0.1) is 0 Å². The summed E-state index contributed by atoms with van der Waals surface area (Å²) in [4.78, 5) is 0. The molecule has 0 bridgehead atoms. The van der Waals surface area contributed by atoms with Crippen LogP contribution in [0.3, 0.4) is 0 Å². The number of hydrogen-bond acceptors (Lipinski definition) is 2. The molecule has 0 radical (unpaired) electrons. The molecule has 0 amide bonds. The molecule has 4 heterocycles. The highest BCUT2D eigenvalue weighted by Gasteiger charge is 2.50. The molecular weight excluding hydrogens is 785 g/mol. The maximum Gasteiger partial charge on any atom is 0.143 e. The maximum atomic E-state index is 7.05. The Kier molecular flexibility index (Phi) is 7.36. The summed E-state index contributed by atoms with van der Waals surface area (Å²) < 4.78 is 14.1. The van der Waals surface area contributed by atoms with E-state index in [4.69, 9.17) is 8.83 Å². The Morgan fingerprint density at radius 1 is 0.323 bits per heavy atom. The Bertz CT molecular complexity index is 3400. The van der Waals surface area contributed by atoms with Crippen molar-refractivity contribution in [3.8, 4) is 66.8 Å². The van der Waals surface area contributed by atoms with Crippen LogP contribution in [-0.2, 0) is 0 Å². The molecule has 2 aliphatic rings. The lowest BCUT2D eigenvalue weighted by molar-refractivity contribution is 0.670. The number of rotatable bonds is 4. The van der Waals surface area contributed by atoms with Crippen molar-refractivity contribution in [3.63, 3.8) is 0 Å². The molecule has 0 saturated heterocycles. The van der Waals surface area contributed by atoms with Crippen molar-refractivity contribution >= 4 is 80.8 Å². The van der Waals surface area contributed by atoms with E-state index >= 15 is 0 Å². The van der Waals surface area contributed by atoms with Gasteiger partial charge in [0, 0.05) is 32.7 Å². The summed E-state index contributed by atoms with van der Waals surface area (Å²) >= 11 is 0. The maximum absolute atomic E-state index is 7.05. The molecule has 62 heavy (non-hydrogen) atoms. The standard InChI is InChI=1S/C58H42O2Si2/c1-61(2)49-33-45(39-27-23-37(24-28-39)35-15-7-5-8-16-35)51-41-19-11-13-21-47(41)59-55(51)53(49)43-31-32-44-54-50(62(3,4)58(44)57(43)61)34-46(52-42-20-12-14-22-48(42)60-56(52)54)40-29-25-38(26-30-40)36-17-9-6-10-18-36/h5-34H,1-4H3. The Hall–Kier alpha value is -6.99. The first kappa shape index (κ1) is 35.7. The molecule has 4 heteroatoms. The summed E-state index contributed by atoms with van der Waals surface area (Å²) in [5.41, 5.74) is 19.0. The van der Waals surface area contributed by atoms with E-state index in [1.165, 1.54) is 98.7 Å². The van der Waals surface area contributed by atoms with Crippen LogP contribution in [0.2, 0.25) is 26.2 Å². The van der Waals surface area contributed by atoms with Crippen molar-refractivity contribution in [1.29, 1.82) is 0 Å². The summed E-state index contributed by atoms with van der Waals surface area (Å²) in [6, 6.07) is 66.8. The second-order valence-electron chi connectivity index (χ2n) is 18.3. The van der Waals surface area contributed by atoms with Crippen molar-refractivity contribution in [2.24, 2.45) is 0 Å². The zero-order chi connectivity index (χ0) is 41.5. The van der Waals surface area contributed by atoms with Crippen LogP contribution in [0.5, 0.6) is 0 Å². The summed E-state index contributed by atoms with van der Waals surface area (Å²) in [5.74, 6) is 0. The molecular formula is C58H42O2Si2. The minimum atomic E-state index is -2.33. The molecule has 11 aromatic rings.